The molecule has 1 unspecified atom stereocenters. The first-order valence-electron chi connectivity index (χ1n) is 7.79. The zero-order valence-corrected chi connectivity index (χ0v) is 13.1. The van der Waals surface area contributed by atoms with Crippen molar-refractivity contribution in [1.29, 1.82) is 0 Å². The molecule has 2 heterocycles. The lowest BCUT2D eigenvalue weighted by Crippen LogP contribution is -2.26. The van der Waals surface area contributed by atoms with Crippen molar-refractivity contribution >= 4 is 0 Å². The lowest BCUT2D eigenvalue weighted by atomic mass is 9.92. The zero-order valence-electron chi connectivity index (χ0n) is 13.1. The van der Waals surface area contributed by atoms with Crippen LogP contribution in [0, 0.1) is 6.92 Å². The first-order chi connectivity index (χ1) is 10.2. The van der Waals surface area contributed by atoms with Gasteiger partial charge in [0, 0.05) is 36.7 Å². The van der Waals surface area contributed by atoms with E-state index in [1.54, 1.807) is 0 Å². The monoisotopic (exact) mass is 285 g/mol. The Kier molecular flexibility index (Phi) is 4.01. The molecule has 21 heavy (non-hydrogen) atoms. The van der Waals surface area contributed by atoms with Crippen molar-refractivity contribution in [2.75, 3.05) is 6.54 Å². The lowest BCUT2D eigenvalue weighted by molar-refractivity contribution is 0.454. The summed E-state index contributed by atoms with van der Waals surface area (Å²) in [5, 5.41) is 7.99. The standard InChI is InChI=1S/C16H23N5/c1-4-8-17-14-6-5-7-15-12(14)9-18-16(19-15)13-10-21(3)20-11(13)2/h9-10,14,17H,4-8H2,1-3H3. The Morgan fingerprint density at radius 2 is 2.29 bits per heavy atom. The molecule has 0 aromatic carbocycles. The van der Waals surface area contributed by atoms with E-state index in [0.29, 0.717) is 6.04 Å². The van der Waals surface area contributed by atoms with Crippen molar-refractivity contribution in [2.45, 2.75) is 45.6 Å². The van der Waals surface area contributed by atoms with Gasteiger partial charge in [-0.1, -0.05) is 6.92 Å². The molecule has 0 spiro atoms. The molecule has 1 aliphatic rings. The van der Waals surface area contributed by atoms with Gasteiger partial charge in [0.25, 0.3) is 0 Å². The molecular weight excluding hydrogens is 262 g/mol. The van der Waals surface area contributed by atoms with Crippen LogP contribution in [-0.2, 0) is 13.5 Å². The summed E-state index contributed by atoms with van der Waals surface area (Å²) < 4.78 is 1.82. The average molecular weight is 285 g/mol. The quantitative estimate of drug-likeness (QED) is 0.938. The first-order valence-corrected chi connectivity index (χ1v) is 7.79. The molecular formula is C16H23N5. The molecule has 0 saturated heterocycles. The number of nitrogens with one attached hydrogen (secondary N) is 1. The Bertz CT molecular complexity index is 632. The Hall–Kier alpha value is -1.75. The van der Waals surface area contributed by atoms with Crippen LogP contribution in [0.3, 0.4) is 0 Å². The third-order valence-corrected chi connectivity index (χ3v) is 4.08. The van der Waals surface area contributed by atoms with Crippen LogP contribution in [0.5, 0.6) is 0 Å². The highest BCUT2D eigenvalue weighted by Gasteiger charge is 2.22. The van der Waals surface area contributed by atoms with Crippen molar-refractivity contribution in [2.24, 2.45) is 7.05 Å². The summed E-state index contributed by atoms with van der Waals surface area (Å²) in [5.74, 6) is 0.801. The molecule has 0 radical (unpaired) electrons. The molecule has 0 fully saturated rings. The second-order valence-electron chi connectivity index (χ2n) is 5.80. The number of aromatic nitrogens is 4. The fourth-order valence-electron chi connectivity index (χ4n) is 3.03. The number of fused-ring (bicyclic) bond motifs is 1. The fraction of sp³-hybridized carbons (Fsp3) is 0.562. The predicted molar refractivity (Wildman–Crippen MR) is 82.9 cm³/mol. The molecule has 3 rings (SSSR count). The zero-order chi connectivity index (χ0) is 14.8. The van der Waals surface area contributed by atoms with Crippen molar-refractivity contribution in [1.82, 2.24) is 25.1 Å². The maximum Gasteiger partial charge on any atom is 0.162 e. The third-order valence-electron chi connectivity index (χ3n) is 4.08. The molecule has 0 saturated carbocycles. The average Bonchev–Trinajstić information content (AvgIpc) is 2.83. The molecule has 5 nitrogen and oxygen atoms in total. The Morgan fingerprint density at radius 3 is 3.00 bits per heavy atom. The van der Waals surface area contributed by atoms with E-state index < -0.39 is 0 Å². The van der Waals surface area contributed by atoms with E-state index in [9.17, 15) is 0 Å². The van der Waals surface area contributed by atoms with Gasteiger partial charge in [0.05, 0.1) is 11.3 Å². The van der Waals surface area contributed by atoms with Crippen LogP contribution in [0.4, 0.5) is 0 Å². The normalized spacial score (nSPS) is 17.8. The Balaban J connectivity index is 1.92. The van der Waals surface area contributed by atoms with Crippen molar-refractivity contribution in [3.63, 3.8) is 0 Å². The van der Waals surface area contributed by atoms with E-state index in [4.69, 9.17) is 4.98 Å². The van der Waals surface area contributed by atoms with Gasteiger partial charge in [-0.3, -0.25) is 4.68 Å². The van der Waals surface area contributed by atoms with Gasteiger partial charge in [-0.05, 0) is 39.2 Å². The molecule has 2 aromatic rings. The van der Waals surface area contributed by atoms with Crippen molar-refractivity contribution in [3.05, 3.63) is 29.3 Å². The van der Waals surface area contributed by atoms with E-state index in [2.05, 4.69) is 22.3 Å². The largest absolute Gasteiger partial charge is 0.310 e. The lowest BCUT2D eigenvalue weighted by Gasteiger charge is -2.25. The van der Waals surface area contributed by atoms with Gasteiger partial charge in [-0.2, -0.15) is 5.10 Å². The van der Waals surface area contributed by atoms with Gasteiger partial charge in [-0.15, -0.1) is 0 Å². The van der Waals surface area contributed by atoms with Crippen molar-refractivity contribution in [3.8, 4) is 11.4 Å². The molecule has 0 bridgehead atoms. The van der Waals surface area contributed by atoms with Gasteiger partial charge in [-0.25, -0.2) is 9.97 Å². The second kappa shape index (κ2) is 5.93. The molecule has 1 aliphatic carbocycles. The highest BCUT2D eigenvalue weighted by atomic mass is 15.3. The fourth-order valence-corrected chi connectivity index (χ4v) is 3.03. The summed E-state index contributed by atoms with van der Waals surface area (Å²) in [6.45, 7) is 5.25. The number of rotatable bonds is 4. The molecule has 5 heteroatoms. The van der Waals surface area contributed by atoms with Gasteiger partial charge in [0.1, 0.15) is 0 Å². The van der Waals surface area contributed by atoms with E-state index in [0.717, 1.165) is 36.5 Å². The molecule has 1 atom stereocenters. The SMILES string of the molecule is CCCNC1CCCc2nc(-c3cn(C)nc3C)ncc21. The molecule has 0 amide bonds. The van der Waals surface area contributed by atoms with Gasteiger partial charge >= 0.3 is 0 Å². The van der Waals surface area contributed by atoms with Gasteiger partial charge in [0.15, 0.2) is 5.82 Å². The Morgan fingerprint density at radius 1 is 1.43 bits per heavy atom. The Labute approximate surface area is 125 Å². The highest BCUT2D eigenvalue weighted by molar-refractivity contribution is 5.57. The topological polar surface area (TPSA) is 55.6 Å². The first kappa shape index (κ1) is 14.2. The predicted octanol–water partition coefficient (Wildman–Crippen LogP) is 2.56. The minimum atomic E-state index is 0.415. The highest BCUT2D eigenvalue weighted by Crippen LogP contribution is 2.29. The van der Waals surface area contributed by atoms with Crippen molar-refractivity contribution < 1.29 is 0 Å². The summed E-state index contributed by atoms with van der Waals surface area (Å²) in [7, 11) is 1.93. The van der Waals surface area contributed by atoms with E-state index in [-0.39, 0.29) is 0 Å². The summed E-state index contributed by atoms with van der Waals surface area (Å²) >= 11 is 0. The summed E-state index contributed by atoms with van der Waals surface area (Å²) in [6.07, 6.45) is 8.58. The summed E-state index contributed by atoms with van der Waals surface area (Å²) in [5.41, 5.74) is 4.49. The minimum Gasteiger partial charge on any atom is -0.310 e. The van der Waals surface area contributed by atoms with Gasteiger partial charge in [0.2, 0.25) is 0 Å². The van der Waals surface area contributed by atoms with Crippen LogP contribution in [-0.4, -0.2) is 26.3 Å². The summed E-state index contributed by atoms with van der Waals surface area (Å²) in [6, 6.07) is 0.415. The van der Waals surface area contributed by atoms with Gasteiger partial charge < -0.3 is 5.32 Å². The summed E-state index contributed by atoms with van der Waals surface area (Å²) in [4.78, 5) is 9.40. The second-order valence-corrected chi connectivity index (χ2v) is 5.80. The number of nitrogens with zero attached hydrogens (tertiary/aromatic N) is 4. The van der Waals surface area contributed by atoms with Crippen LogP contribution in [0.1, 0.15) is 49.2 Å². The van der Waals surface area contributed by atoms with Crippen LogP contribution in [0.25, 0.3) is 11.4 Å². The van der Waals surface area contributed by atoms with E-state index in [1.807, 2.05) is 31.0 Å². The van der Waals surface area contributed by atoms with Crippen LogP contribution >= 0.6 is 0 Å². The number of hydrogen-bond acceptors (Lipinski definition) is 4. The maximum atomic E-state index is 4.81. The molecule has 0 aliphatic heterocycles. The molecule has 112 valence electrons. The maximum absolute atomic E-state index is 4.81. The van der Waals surface area contributed by atoms with Crippen LogP contribution < -0.4 is 5.32 Å². The number of hydrogen-bond donors (Lipinski definition) is 1. The third kappa shape index (κ3) is 2.83. The minimum absolute atomic E-state index is 0.415. The number of aryl methyl sites for hydroxylation is 3. The smallest absolute Gasteiger partial charge is 0.162 e. The molecule has 2 aromatic heterocycles. The van der Waals surface area contributed by atoms with Crippen LogP contribution in [0.15, 0.2) is 12.4 Å². The van der Waals surface area contributed by atoms with Crippen LogP contribution in [0.2, 0.25) is 0 Å². The molecule has 1 N–H and O–H groups in total. The van der Waals surface area contributed by atoms with E-state index >= 15 is 0 Å². The van der Waals surface area contributed by atoms with E-state index in [1.165, 1.54) is 24.1 Å².